The molecule has 4 heterocycles. The van der Waals surface area contributed by atoms with Crippen LogP contribution in [-0.4, -0.2) is 16.1 Å². The molecule has 0 bridgehead atoms. The molecule has 70 heavy (non-hydrogen) atoms. The van der Waals surface area contributed by atoms with Crippen LogP contribution in [0.1, 0.15) is 0 Å². The quantitative estimate of drug-likeness (QED) is 0.164. The van der Waals surface area contributed by atoms with Gasteiger partial charge in [-0.1, -0.05) is 220 Å². The third kappa shape index (κ3) is 5.38. The van der Waals surface area contributed by atoms with Crippen molar-refractivity contribution in [2.45, 2.75) is 26.2 Å². The summed E-state index contributed by atoms with van der Waals surface area (Å²) in [6.45, 7) is 10.4. The molecule has 15 rings (SSSR count). The second kappa shape index (κ2) is 14.3. The lowest BCUT2D eigenvalue weighted by molar-refractivity contribution is 0.670. The predicted octanol–water partition coefficient (Wildman–Crippen LogP) is 16.1. The van der Waals surface area contributed by atoms with Crippen LogP contribution in [0.15, 0.2) is 215 Å². The highest BCUT2D eigenvalue weighted by Crippen LogP contribution is 2.48. The number of fused-ring (bicyclic) bond motifs is 17. The molecule has 2 aliphatic heterocycles. The Morgan fingerprint density at radius 3 is 1.26 bits per heavy atom. The summed E-state index contributed by atoms with van der Waals surface area (Å²) in [4.78, 5) is 0. The van der Waals surface area contributed by atoms with Crippen molar-refractivity contribution in [3.63, 3.8) is 0 Å². The van der Waals surface area contributed by atoms with Gasteiger partial charge in [0, 0.05) is 32.7 Å². The SMILES string of the molecule is C[Si]1(C)c2cc(-c3ccc(-c4cccc5ccccc45)cc3)c3c(oc4ccccc43)c2-c2ccc3c(c21)[Si](C)(C)c1cc(-c2ccc(-c4cccc5ccccc45)cc2)c2oc4ccccc4c2c1-3. The number of hydrogen-bond donors (Lipinski definition) is 0. The zero-order chi connectivity index (χ0) is 46.6. The van der Waals surface area contributed by atoms with Crippen LogP contribution >= 0.6 is 0 Å². The second-order valence-electron chi connectivity index (χ2n) is 20.7. The van der Waals surface area contributed by atoms with Gasteiger partial charge < -0.3 is 8.83 Å². The van der Waals surface area contributed by atoms with Gasteiger partial charge in [0.15, 0.2) is 0 Å². The van der Waals surface area contributed by atoms with Crippen LogP contribution in [0.3, 0.4) is 0 Å². The minimum absolute atomic E-state index is 0.931. The van der Waals surface area contributed by atoms with Crippen molar-refractivity contribution in [3.8, 4) is 66.8 Å². The van der Waals surface area contributed by atoms with Gasteiger partial charge in [-0.25, -0.2) is 0 Å². The van der Waals surface area contributed by atoms with E-state index in [0.29, 0.717) is 0 Å². The van der Waals surface area contributed by atoms with Gasteiger partial charge in [-0.2, -0.15) is 0 Å². The van der Waals surface area contributed by atoms with Gasteiger partial charge in [-0.05, 0) is 110 Å². The van der Waals surface area contributed by atoms with Crippen LogP contribution in [0, 0.1) is 0 Å². The Bertz CT molecular complexity index is 4380. The van der Waals surface area contributed by atoms with Crippen molar-refractivity contribution in [1.29, 1.82) is 0 Å². The molecule has 0 spiro atoms. The van der Waals surface area contributed by atoms with Crippen LogP contribution in [0.4, 0.5) is 0 Å². The van der Waals surface area contributed by atoms with Crippen LogP contribution in [0.5, 0.6) is 0 Å². The van der Waals surface area contributed by atoms with Gasteiger partial charge in [0.2, 0.25) is 0 Å². The summed E-state index contributed by atoms with van der Waals surface area (Å²) in [5, 5.41) is 16.0. The summed E-state index contributed by atoms with van der Waals surface area (Å²) in [6.07, 6.45) is 0. The topological polar surface area (TPSA) is 26.3 Å². The Hall–Kier alpha value is -8.03. The second-order valence-corrected chi connectivity index (χ2v) is 29.2. The molecular weight excluding hydrogens is 881 g/mol. The molecule has 0 fully saturated rings. The Kier molecular flexibility index (Phi) is 8.14. The van der Waals surface area contributed by atoms with Crippen LogP contribution < -0.4 is 20.7 Å². The average Bonchev–Trinajstić information content (AvgIpc) is 4.11. The normalized spacial score (nSPS) is 14.2. The van der Waals surface area contributed by atoms with E-state index in [0.717, 1.165) is 27.7 Å². The molecule has 0 radical (unpaired) electrons. The van der Waals surface area contributed by atoms with E-state index >= 15 is 0 Å². The summed E-state index contributed by atoms with van der Waals surface area (Å²) in [5.41, 5.74) is 19.0. The highest BCUT2D eigenvalue weighted by Gasteiger charge is 2.50. The van der Waals surface area contributed by atoms with Gasteiger partial charge in [0.25, 0.3) is 0 Å². The van der Waals surface area contributed by atoms with E-state index in [1.54, 1.807) is 10.4 Å². The molecule has 13 aromatic rings. The molecule has 2 aliphatic rings. The molecule has 0 saturated carbocycles. The maximum Gasteiger partial charge on any atom is 0.143 e. The fourth-order valence-corrected chi connectivity index (χ4v) is 21.4. The van der Waals surface area contributed by atoms with Gasteiger partial charge in [0.1, 0.15) is 38.5 Å². The molecule has 0 unspecified atom stereocenters. The van der Waals surface area contributed by atoms with Gasteiger partial charge in [-0.3, -0.25) is 0 Å². The fourth-order valence-electron chi connectivity index (χ4n) is 13.0. The third-order valence-corrected chi connectivity index (χ3v) is 23.5. The first-order valence-electron chi connectivity index (χ1n) is 24.6. The average molecular weight is 927 g/mol. The Balaban J connectivity index is 0.920. The zero-order valence-electron chi connectivity index (χ0n) is 39.4. The zero-order valence-corrected chi connectivity index (χ0v) is 41.4. The summed E-state index contributed by atoms with van der Waals surface area (Å²) in [7, 11) is -4.76. The summed E-state index contributed by atoms with van der Waals surface area (Å²) in [6, 6.07) is 76.3. The first kappa shape index (κ1) is 39.9. The highest BCUT2D eigenvalue weighted by molar-refractivity contribution is 7.13. The maximum absolute atomic E-state index is 7.12. The predicted molar refractivity (Wildman–Crippen MR) is 302 cm³/mol. The Labute approximate surface area is 408 Å². The highest BCUT2D eigenvalue weighted by atomic mass is 28.3. The van der Waals surface area contributed by atoms with Gasteiger partial charge in [-0.15, -0.1) is 0 Å². The summed E-state index contributed by atoms with van der Waals surface area (Å²) in [5.74, 6) is 0. The number of benzene rings is 11. The molecule has 0 aliphatic carbocycles. The lowest BCUT2D eigenvalue weighted by atomic mass is 9.91. The maximum atomic E-state index is 7.12. The van der Waals surface area contributed by atoms with E-state index in [9.17, 15) is 0 Å². The van der Waals surface area contributed by atoms with Gasteiger partial charge >= 0.3 is 0 Å². The molecule has 11 aromatic carbocycles. The molecule has 0 atom stereocenters. The molecule has 2 nitrogen and oxygen atoms in total. The molecule has 2 aromatic heterocycles. The number of furan rings is 2. The lowest BCUT2D eigenvalue weighted by Crippen LogP contribution is -2.63. The molecule has 0 N–H and O–H groups in total. The Morgan fingerprint density at radius 1 is 0.300 bits per heavy atom. The number of para-hydroxylation sites is 2. The third-order valence-electron chi connectivity index (χ3n) is 16.2. The van der Waals surface area contributed by atoms with Crippen molar-refractivity contribution in [2.75, 3.05) is 0 Å². The van der Waals surface area contributed by atoms with E-state index in [2.05, 4.69) is 232 Å². The first-order chi connectivity index (χ1) is 34.2. The van der Waals surface area contributed by atoms with Crippen LogP contribution in [0.25, 0.3) is 132 Å². The first-order valence-corrected chi connectivity index (χ1v) is 30.6. The van der Waals surface area contributed by atoms with E-state index in [4.69, 9.17) is 8.83 Å². The lowest BCUT2D eigenvalue weighted by Gasteiger charge is -2.28. The van der Waals surface area contributed by atoms with E-state index in [-0.39, 0.29) is 0 Å². The molecule has 4 heteroatoms. The minimum atomic E-state index is -2.38. The molecule has 0 amide bonds. The van der Waals surface area contributed by atoms with Crippen molar-refractivity contribution in [3.05, 3.63) is 206 Å². The van der Waals surface area contributed by atoms with Crippen LogP contribution in [-0.2, 0) is 0 Å². The smallest absolute Gasteiger partial charge is 0.143 e. The standard InChI is InChI=1S/C66H46O2Si2/c1-69(2)57-38-54(44-33-29-42(30-34-44)48-24-14-18-40-16-6-8-20-46(40)48)63-62(50-22-10-12-26-56(50)67-63)60(57)51-35-36-52-61-58(70(3,4)66(52)65(51)69)37-53(59-49-21-9-11-25-55(49)68-64(59)61)43-31-27-41(28-32-43)47-23-13-17-39-15-5-7-19-45(39)47/h5-38H,1-4H3. The van der Waals surface area contributed by atoms with Crippen molar-refractivity contribution < 1.29 is 8.83 Å². The number of hydrogen-bond acceptors (Lipinski definition) is 2. The van der Waals surface area contributed by atoms with Crippen molar-refractivity contribution in [2.24, 2.45) is 0 Å². The van der Waals surface area contributed by atoms with Crippen molar-refractivity contribution in [1.82, 2.24) is 0 Å². The summed E-state index contributed by atoms with van der Waals surface area (Å²) < 4.78 is 14.1. The molecule has 0 saturated heterocycles. The van der Waals surface area contributed by atoms with Crippen LogP contribution in [0.2, 0.25) is 26.2 Å². The van der Waals surface area contributed by atoms with Gasteiger partial charge in [0.05, 0.1) is 0 Å². The van der Waals surface area contributed by atoms with E-state index in [1.165, 1.54) is 115 Å². The number of rotatable bonds is 4. The molecule has 330 valence electrons. The summed E-state index contributed by atoms with van der Waals surface area (Å²) >= 11 is 0. The monoisotopic (exact) mass is 926 g/mol. The minimum Gasteiger partial charge on any atom is -0.455 e. The fraction of sp³-hybridized carbons (Fsp3) is 0.0606. The largest absolute Gasteiger partial charge is 0.455 e. The van der Waals surface area contributed by atoms with E-state index < -0.39 is 16.1 Å². The van der Waals surface area contributed by atoms with Crippen molar-refractivity contribution >= 4 is 102 Å². The Morgan fingerprint density at radius 2 is 0.700 bits per heavy atom. The van der Waals surface area contributed by atoms with E-state index in [1.807, 2.05) is 0 Å². The molecular formula is C66H46O2Si2.